The van der Waals surface area contributed by atoms with Gasteiger partial charge in [0, 0.05) is 85.3 Å². The molecule has 3 aromatic carbocycles. The number of hydrogen-bond acceptors (Lipinski definition) is 7. The Morgan fingerprint density at radius 2 is 1.63 bits per heavy atom. The summed E-state index contributed by atoms with van der Waals surface area (Å²) in [4.78, 5) is 36.7. The van der Waals surface area contributed by atoms with Gasteiger partial charge in [-0.05, 0) is 118 Å². The number of amides is 2. The van der Waals surface area contributed by atoms with Crippen molar-refractivity contribution < 1.29 is 22.7 Å². The van der Waals surface area contributed by atoms with E-state index in [1.165, 1.54) is 40.3 Å². The normalized spacial score (nSPS) is 26.3. The zero-order chi connectivity index (χ0) is 41.3. The number of carbonyl (C=O) groups is 2. The molecule has 2 saturated carbocycles. The number of aromatic nitrogens is 1. The van der Waals surface area contributed by atoms with Crippen LogP contribution in [-0.2, 0) is 28.1 Å². The van der Waals surface area contributed by atoms with Crippen molar-refractivity contribution >= 4 is 32.9 Å². The number of rotatable bonds is 12. The second kappa shape index (κ2) is 15.6. The van der Waals surface area contributed by atoms with Crippen LogP contribution in [0.5, 0.6) is 5.75 Å². The van der Waals surface area contributed by atoms with E-state index in [9.17, 15) is 13.2 Å². The Labute approximate surface area is 355 Å². The molecule has 6 aliphatic rings. The van der Waals surface area contributed by atoms with Gasteiger partial charge in [-0.1, -0.05) is 55.7 Å². The maximum Gasteiger partial charge on any atom is 0.304 e. The Kier molecular flexibility index (Phi) is 10.4. The summed E-state index contributed by atoms with van der Waals surface area (Å²) in [5.74, 6) is 0.841. The molecule has 2 amide bonds. The van der Waals surface area contributed by atoms with Crippen molar-refractivity contribution in [3.8, 4) is 17.0 Å². The van der Waals surface area contributed by atoms with Crippen LogP contribution in [0.1, 0.15) is 110 Å². The number of likely N-dealkylation sites (N-methyl/N-ethyl adjacent to an activating group) is 1. The fourth-order valence-electron chi connectivity index (χ4n) is 11.8. The van der Waals surface area contributed by atoms with Gasteiger partial charge in [-0.2, -0.15) is 12.7 Å². The predicted molar refractivity (Wildman–Crippen MR) is 234 cm³/mol. The van der Waals surface area contributed by atoms with Gasteiger partial charge in [0.1, 0.15) is 5.75 Å². The Morgan fingerprint density at radius 3 is 2.32 bits per heavy atom. The van der Waals surface area contributed by atoms with Crippen LogP contribution in [0, 0.1) is 5.41 Å². The number of nitrogens with one attached hydrogen (secondary N) is 1. The zero-order valence-corrected chi connectivity index (χ0v) is 36.3. The van der Waals surface area contributed by atoms with E-state index >= 15 is 4.79 Å². The third-order valence-corrected chi connectivity index (χ3v) is 16.6. The molecule has 4 atom stereocenters. The van der Waals surface area contributed by atoms with Gasteiger partial charge in [0.05, 0.1) is 18.2 Å². The summed E-state index contributed by atoms with van der Waals surface area (Å²) in [5.41, 5.74) is 6.69. The van der Waals surface area contributed by atoms with Crippen molar-refractivity contribution in [1.29, 1.82) is 0 Å². The first-order chi connectivity index (χ1) is 29.0. The van der Waals surface area contributed by atoms with Gasteiger partial charge in [-0.15, -0.1) is 0 Å². The highest BCUT2D eigenvalue weighted by Gasteiger charge is 2.65. The molecule has 5 fully saturated rings. The molecule has 60 heavy (non-hydrogen) atoms. The summed E-state index contributed by atoms with van der Waals surface area (Å²) >= 11 is 0. The van der Waals surface area contributed by atoms with Crippen molar-refractivity contribution in [3.63, 3.8) is 0 Å². The molecular weight excluding hydrogens is 773 g/mol. The number of carbonyl (C=O) groups excluding carboxylic acids is 2. The average Bonchev–Trinajstić information content (AvgIpc) is 3.82. The second-order valence-corrected chi connectivity index (χ2v) is 20.6. The maximum absolute atomic E-state index is 15.7. The molecule has 2 bridgehead atoms. The predicted octanol–water partition coefficient (Wildman–Crippen LogP) is 7.12. The van der Waals surface area contributed by atoms with E-state index in [0.29, 0.717) is 37.2 Å². The first-order valence-corrected chi connectivity index (χ1v) is 23.9. The van der Waals surface area contributed by atoms with Crippen molar-refractivity contribution in [3.05, 3.63) is 89.0 Å². The average molecular weight is 833 g/mol. The molecule has 5 heterocycles. The lowest BCUT2D eigenvalue weighted by Gasteiger charge is -2.45. The molecular formula is C48H60N6O5S. The highest BCUT2D eigenvalue weighted by molar-refractivity contribution is 7.87. The van der Waals surface area contributed by atoms with E-state index < -0.39 is 21.5 Å². The molecule has 3 saturated heterocycles. The van der Waals surface area contributed by atoms with Crippen molar-refractivity contribution in [2.24, 2.45) is 5.41 Å². The van der Waals surface area contributed by atoms with E-state index in [0.717, 1.165) is 98.9 Å². The van der Waals surface area contributed by atoms with Gasteiger partial charge in [-0.3, -0.25) is 14.5 Å². The van der Waals surface area contributed by atoms with Crippen molar-refractivity contribution in [2.45, 2.75) is 114 Å². The topological polar surface area (TPSA) is 107 Å². The van der Waals surface area contributed by atoms with Gasteiger partial charge >= 0.3 is 10.2 Å². The fourth-order valence-corrected chi connectivity index (χ4v) is 13.0. The van der Waals surface area contributed by atoms with Crippen molar-refractivity contribution in [1.82, 2.24) is 28.3 Å². The number of hydrogen-bond donors (Lipinski definition) is 1. The molecule has 2 aliphatic carbocycles. The first-order valence-electron chi connectivity index (χ1n) is 22.5. The summed E-state index contributed by atoms with van der Waals surface area (Å²) in [6, 6.07) is 23.7. The largest absolute Gasteiger partial charge is 0.497 e. The van der Waals surface area contributed by atoms with E-state index in [2.05, 4.69) is 80.5 Å². The summed E-state index contributed by atoms with van der Waals surface area (Å²) in [5, 5.41) is 1.10. The van der Waals surface area contributed by atoms with Gasteiger partial charge in [-0.25, -0.2) is 4.72 Å². The Balaban J connectivity index is 1.03. The minimum Gasteiger partial charge on any atom is -0.497 e. The first kappa shape index (κ1) is 39.9. The molecule has 318 valence electrons. The van der Waals surface area contributed by atoms with Crippen LogP contribution in [0.2, 0.25) is 0 Å². The second-order valence-electron chi connectivity index (χ2n) is 19.0. The van der Waals surface area contributed by atoms with Gasteiger partial charge < -0.3 is 19.1 Å². The lowest BCUT2D eigenvalue weighted by molar-refractivity contribution is -0.143. The number of ether oxygens (including phenoxy) is 1. The number of methoxy groups -OCH3 is 1. The van der Waals surface area contributed by atoms with E-state index in [4.69, 9.17) is 4.74 Å². The Hall–Kier alpha value is -4.23. The number of fused-ring (bicyclic) bond motifs is 9. The lowest BCUT2D eigenvalue weighted by Crippen LogP contribution is -2.55. The van der Waals surface area contributed by atoms with E-state index in [-0.39, 0.29) is 23.9 Å². The highest BCUT2D eigenvalue weighted by Crippen LogP contribution is 2.67. The number of nitrogens with zero attached hydrogens (tertiary/aromatic N) is 5. The SMILES string of the molecule is COc1ccc2c(c1)C1CC1(C(=O)N1C3CCC1CC(N(CCN(C)C)Cc1ccccc1)C3)Cn1c-2c(C2CCCCC2)c2ccc(C(=O)NS(=O)(=O)N3CCC3)cc21. The Bertz CT molecular complexity index is 2390. The van der Waals surface area contributed by atoms with Crippen LogP contribution in [-0.4, -0.2) is 109 Å². The smallest absolute Gasteiger partial charge is 0.304 e. The molecule has 4 unspecified atom stereocenters. The molecule has 4 aliphatic heterocycles. The maximum atomic E-state index is 15.7. The third-order valence-electron chi connectivity index (χ3n) is 15.1. The minimum atomic E-state index is -3.92. The highest BCUT2D eigenvalue weighted by atomic mass is 32.2. The molecule has 1 N–H and O–H groups in total. The number of benzene rings is 3. The summed E-state index contributed by atoms with van der Waals surface area (Å²) in [7, 11) is 2.08. The van der Waals surface area contributed by atoms with Crippen molar-refractivity contribution in [2.75, 3.05) is 47.4 Å². The minimum absolute atomic E-state index is 0.0456. The standard InChI is InChI=1S/C48H60N6O5S/c1-50(2)23-24-51(30-32-11-6-4-7-12-32)37-26-35-16-17-36(27-37)54(35)47(56)48-29-42(48)41-28-38(59-3)18-20-39(41)45-44(33-13-8-5-9-14-33)40-19-15-34(25-43(40)53(45)31-48)46(55)49-60(57,58)52-21-10-22-52/h4,6-7,11-12,15,18-20,25,28,33,35-37,42H,5,8-10,13-14,16-17,21-24,26-27,29-31H2,1-3H3,(H,49,55). The molecule has 1 aromatic heterocycles. The quantitative estimate of drug-likeness (QED) is 0.162. The van der Waals surface area contributed by atoms with Crippen LogP contribution >= 0.6 is 0 Å². The van der Waals surface area contributed by atoms with Crippen LogP contribution in [0.25, 0.3) is 22.2 Å². The van der Waals surface area contributed by atoms with Gasteiger partial charge in [0.2, 0.25) is 5.91 Å². The summed E-state index contributed by atoms with van der Waals surface area (Å²) in [6.45, 7) is 4.24. The van der Waals surface area contributed by atoms with E-state index in [1.807, 2.05) is 18.2 Å². The number of piperidine rings is 1. The molecule has 10 rings (SSSR count). The lowest BCUT2D eigenvalue weighted by atomic mass is 9.81. The third kappa shape index (κ3) is 6.95. The van der Waals surface area contributed by atoms with Crippen LogP contribution in [0.3, 0.4) is 0 Å². The Morgan fingerprint density at radius 1 is 0.883 bits per heavy atom. The monoisotopic (exact) mass is 832 g/mol. The van der Waals surface area contributed by atoms with Crippen LogP contribution < -0.4 is 9.46 Å². The molecule has 0 spiro atoms. The van der Waals surface area contributed by atoms with Crippen LogP contribution in [0.4, 0.5) is 0 Å². The molecule has 0 radical (unpaired) electrons. The fraction of sp³-hybridized carbons (Fsp3) is 0.542. The van der Waals surface area contributed by atoms with Gasteiger partial charge in [0.25, 0.3) is 5.91 Å². The van der Waals surface area contributed by atoms with Gasteiger partial charge in [0.15, 0.2) is 0 Å². The summed E-state index contributed by atoms with van der Waals surface area (Å²) in [6.07, 6.45) is 11.3. The summed E-state index contributed by atoms with van der Waals surface area (Å²) < 4.78 is 38.0. The van der Waals surface area contributed by atoms with E-state index in [1.54, 1.807) is 13.2 Å². The van der Waals surface area contributed by atoms with Crippen LogP contribution in [0.15, 0.2) is 66.7 Å². The molecule has 12 heteroatoms. The zero-order valence-electron chi connectivity index (χ0n) is 35.4. The molecule has 4 aromatic rings. The molecule has 11 nitrogen and oxygen atoms in total.